The predicted octanol–water partition coefficient (Wildman–Crippen LogP) is 1.60. The zero-order valence-electron chi connectivity index (χ0n) is 13.0. The van der Waals surface area contributed by atoms with Gasteiger partial charge in [-0.2, -0.15) is 0 Å². The van der Waals surface area contributed by atoms with Crippen LogP contribution < -0.4 is 0 Å². The second-order valence-corrected chi connectivity index (χ2v) is 6.89. The quantitative estimate of drug-likeness (QED) is 0.717. The highest BCUT2D eigenvalue weighted by atomic mass is 32.1. The van der Waals surface area contributed by atoms with E-state index >= 15 is 0 Å². The number of methoxy groups -OCH3 is 1. The van der Waals surface area contributed by atoms with Gasteiger partial charge in [-0.15, -0.1) is 0 Å². The van der Waals surface area contributed by atoms with E-state index in [2.05, 4.69) is 0 Å². The number of hydrogen-bond donors (Lipinski definition) is 0. The lowest BCUT2D eigenvalue weighted by Crippen LogP contribution is -2.42. The van der Waals surface area contributed by atoms with Crippen molar-refractivity contribution in [3.05, 3.63) is 0 Å². The van der Waals surface area contributed by atoms with E-state index in [4.69, 9.17) is 40.6 Å². The fourth-order valence-corrected chi connectivity index (χ4v) is 3.40. The molecule has 3 rings (SSSR count). The maximum atomic E-state index is 6.01. The first-order valence-electron chi connectivity index (χ1n) is 7.13. The Labute approximate surface area is 130 Å². The molecule has 0 bridgehead atoms. The van der Waals surface area contributed by atoms with Gasteiger partial charge in [0.05, 0.1) is 19.6 Å². The standard InChI is InChI=1S/C14H22O6S/c1-13(2)16-6-7(18-13)9-8(12(21)15-5)10-11(17-9)20-14(3,4)19-10/h7-11H,6H2,1-5H3/t7?,8-,9-,10-,11?/m1/s1. The lowest BCUT2D eigenvalue weighted by Gasteiger charge is -2.28. The van der Waals surface area contributed by atoms with Crippen LogP contribution in [-0.2, 0) is 28.4 Å². The molecule has 0 amide bonds. The molecule has 0 aliphatic carbocycles. The number of rotatable bonds is 2. The second-order valence-electron chi connectivity index (χ2n) is 6.49. The highest BCUT2D eigenvalue weighted by molar-refractivity contribution is 7.80. The lowest BCUT2D eigenvalue weighted by molar-refractivity contribution is -0.224. The summed E-state index contributed by atoms with van der Waals surface area (Å²) < 4.78 is 34.5. The van der Waals surface area contributed by atoms with Crippen LogP contribution in [0.1, 0.15) is 27.7 Å². The topological polar surface area (TPSA) is 55.4 Å². The summed E-state index contributed by atoms with van der Waals surface area (Å²) >= 11 is 5.35. The van der Waals surface area contributed by atoms with Crippen LogP contribution in [0.4, 0.5) is 0 Å². The van der Waals surface area contributed by atoms with Crippen LogP contribution in [0.5, 0.6) is 0 Å². The van der Waals surface area contributed by atoms with E-state index in [0.717, 1.165) is 0 Å². The number of ether oxygens (including phenoxy) is 6. The van der Waals surface area contributed by atoms with Crippen LogP contribution in [0.25, 0.3) is 0 Å². The largest absolute Gasteiger partial charge is 0.490 e. The van der Waals surface area contributed by atoms with Gasteiger partial charge in [0, 0.05) is 0 Å². The molecule has 0 spiro atoms. The maximum absolute atomic E-state index is 6.01. The molecule has 0 radical (unpaired) electrons. The molecule has 3 saturated heterocycles. The number of fused-ring (bicyclic) bond motifs is 1. The maximum Gasteiger partial charge on any atom is 0.188 e. The van der Waals surface area contributed by atoms with Gasteiger partial charge in [0.15, 0.2) is 22.9 Å². The van der Waals surface area contributed by atoms with Crippen molar-refractivity contribution in [2.75, 3.05) is 13.7 Å². The first kappa shape index (κ1) is 15.6. The molecule has 3 aliphatic rings. The van der Waals surface area contributed by atoms with Gasteiger partial charge in [-0.25, -0.2) is 0 Å². The molecule has 0 saturated carbocycles. The Kier molecular flexibility index (Phi) is 3.79. The third-order valence-electron chi connectivity index (χ3n) is 3.96. The lowest BCUT2D eigenvalue weighted by atomic mass is 9.95. The van der Waals surface area contributed by atoms with Gasteiger partial charge >= 0.3 is 0 Å². The van der Waals surface area contributed by atoms with E-state index in [0.29, 0.717) is 11.7 Å². The van der Waals surface area contributed by atoms with Crippen LogP contribution in [-0.4, -0.2) is 54.9 Å². The minimum Gasteiger partial charge on any atom is -0.490 e. The molecule has 0 aromatic carbocycles. The Morgan fingerprint density at radius 3 is 2.33 bits per heavy atom. The van der Waals surface area contributed by atoms with Crippen molar-refractivity contribution >= 4 is 17.3 Å². The van der Waals surface area contributed by atoms with Crippen molar-refractivity contribution in [2.45, 2.75) is 63.9 Å². The van der Waals surface area contributed by atoms with E-state index in [1.165, 1.54) is 0 Å². The average Bonchev–Trinajstić information content (AvgIpc) is 2.97. The van der Waals surface area contributed by atoms with Gasteiger partial charge in [-0.1, -0.05) is 0 Å². The van der Waals surface area contributed by atoms with Crippen molar-refractivity contribution in [2.24, 2.45) is 5.92 Å². The van der Waals surface area contributed by atoms with E-state index in [1.807, 2.05) is 27.7 Å². The molecule has 3 heterocycles. The van der Waals surface area contributed by atoms with E-state index in [9.17, 15) is 0 Å². The Morgan fingerprint density at radius 1 is 1.05 bits per heavy atom. The second kappa shape index (κ2) is 5.11. The Morgan fingerprint density at radius 2 is 1.76 bits per heavy atom. The number of thiocarbonyl (C=S) groups is 1. The SMILES string of the molecule is COC(=S)[C@@H]1[C@@H](C2COC(C)(C)O2)OC2OC(C)(C)O[C@@H]21. The summed E-state index contributed by atoms with van der Waals surface area (Å²) in [5.41, 5.74) is 0. The molecular weight excluding hydrogens is 296 g/mol. The summed E-state index contributed by atoms with van der Waals surface area (Å²) in [6.45, 7) is 7.91. The molecule has 0 N–H and O–H groups in total. The Hall–Kier alpha value is -0.310. The van der Waals surface area contributed by atoms with E-state index in [1.54, 1.807) is 7.11 Å². The third-order valence-corrected chi connectivity index (χ3v) is 4.40. The van der Waals surface area contributed by atoms with Crippen molar-refractivity contribution in [3.63, 3.8) is 0 Å². The van der Waals surface area contributed by atoms with Crippen LogP contribution in [0, 0.1) is 5.92 Å². The van der Waals surface area contributed by atoms with Gasteiger partial charge < -0.3 is 28.4 Å². The fraction of sp³-hybridized carbons (Fsp3) is 0.929. The highest BCUT2D eigenvalue weighted by Gasteiger charge is 2.59. The van der Waals surface area contributed by atoms with Crippen LogP contribution >= 0.6 is 12.2 Å². The van der Waals surface area contributed by atoms with Crippen LogP contribution in [0.15, 0.2) is 0 Å². The van der Waals surface area contributed by atoms with Crippen LogP contribution in [0.3, 0.4) is 0 Å². The summed E-state index contributed by atoms with van der Waals surface area (Å²) in [4.78, 5) is 0. The fourth-order valence-electron chi connectivity index (χ4n) is 3.13. The monoisotopic (exact) mass is 318 g/mol. The smallest absolute Gasteiger partial charge is 0.188 e. The summed E-state index contributed by atoms with van der Waals surface area (Å²) in [6.07, 6.45) is -1.27. The minimum atomic E-state index is -0.686. The molecule has 6 nitrogen and oxygen atoms in total. The summed E-state index contributed by atoms with van der Waals surface area (Å²) in [5.74, 6) is -1.53. The molecular formula is C14H22O6S. The molecule has 5 atom stereocenters. The molecule has 0 aromatic heterocycles. The molecule has 3 aliphatic heterocycles. The molecule has 21 heavy (non-hydrogen) atoms. The van der Waals surface area contributed by atoms with Crippen molar-refractivity contribution in [3.8, 4) is 0 Å². The average molecular weight is 318 g/mol. The predicted molar refractivity (Wildman–Crippen MR) is 76.7 cm³/mol. The van der Waals surface area contributed by atoms with Gasteiger partial charge in [0.2, 0.25) is 0 Å². The van der Waals surface area contributed by atoms with Crippen LogP contribution in [0.2, 0.25) is 0 Å². The minimum absolute atomic E-state index is 0.223. The molecule has 0 aromatic rings. The van der Waals surface area contributed by atoms with Gasteiger partial charge in [0.1, 0.15) is 18.3 Å². The number of hydrogen-bond acceptors (Lipinski definition) is 7. The molecule has 2 unspecified atom stereocenters. The van der Waals surface area contributed by atoms with E-state index < -0.39 is 17.9 Å². The Bertz CT molecular complexity index is 437. The van der Waals surface area contributed by atoms with Gasteiger partial charge in [0.25, 0.3) is 0 Å². The molecule has 7 heteroatoms. The first-order valence-corrected chi connectivity index (χ1v) is 7.54. The van der Waals surface area contributed by atoms with Gasteiger partial charge in [-0.3, -0.25) is 0 Å². The first-order chi connectivity index (χ1) is 9.72. The van der Waals surface area contributed by atoms with Crippen molar-refractivity contribution in [1.82, 2.24) is 0 Å². The highest BCUT2D eigenvalue weighted by Crippen LogP contribution is 2.44. The summed E-state index contributed by atoms with van der Waals surface area (Å²) in [7, 11) is 1.56. The summed E-state index contributed by atoms with van der Waals surface area (Å²) in [6, 6.07) is 0. The normalized spacial score (nSPS) is 43.8. The summed E-state index contributed by atoms with van der Waals surface area (Å²) in [5, 5.41) is 0.446. The van der Waals surface area contributed by atoms with Crippen molar-refractivity contribution < 1.29 is 28.4 Å². The van der Waals surface area contributed by atoms with E-state index in [-0.39, 0.29) is 24.2 Å². The molecule has 120 valence electrons. The zero-order valence-corrected chi connectivity index (χ0v) is 13.8. The van der Waals surface area contributed by atoms with Gasteiger partial charge in [-0.05, 0) is 39.9 Å². The molecule has 3 fully saturated rings. The van der Waals surface area contributed by atoms with Crippen molar-refractivity contribution in [1.29, 1.82) is 0 Å². The third kappa shape index (κ3) is 2.83. The Balaban J connectivity index is 1.80. The zero-order chi connectivity index (χ0) is 15.4.